The van der Waals surface area contributed by atoms with Gasteiger partial charge in [0.05, 0.1) is 19.1 Å². The molecule has 4 rings (SSSR count). The molecule has 0 aliphatic carbocycles. The van der Waals surface area contributed by atoms with Crippen molar-refractivity contribution >= 4 is 16.7 Å². The van der Waals surface area contributed by atoms with E-state index < -0.39 is 43.3 Å². The Bertz CT molecular complexity index is 956. The largest absolute Gasteiger partial charge is 0.506 e. The minimum atomic E-state index is -1.64. The molecule has 0 saturated carbocycles. The first-order valence-corrected chi connectivity index (χ1v) is 8.86. The van der Waals surface area contributed by atoms with E-state index in [-0.39, 0.29) is 29.1 Å². The monoisotopic (exact) mass is 408 g/mol. The van der Waals surface area contributed by atoms with Crippen LogP contribution in [0.5, 0.6) is 17.2 Å². The predicted octanol–water partition coefficient (Wildman–Crippen LogP) is -0.597. The normalized spacial score (nSPS) is 28.9. The van der Waals surface area contributed by atoms with Gasteiger partial charge in [-0.15, -0.1) is 0 Å². The third-order valence-electron chi connectivity index (χ3n) is 5.12. The maximum atomic E-state index is 12.0. The fourth-order valence-corrected chi connectivity index (χ4v) is 3.57. The molecule has 2 heterocycles. The number of ether oxygens (including phenoxy) is 4. The zero-order valence-corrected chi connectivity index (χ0v) is 15.3. The Balaban J connectivity index is 1.80. The van der Waals surface area contributed by atoms with Gasteiger partial charge >= 0.3 is 5.97 Å². The molecule has 0 bridgehead atoms. The number of aromatic hydroxyl groups is 1. The summed E-state index contributed by atoms with van der Waals surface area (Å²) < 4.78 is 21.3. The minimum absolute atomic E-state index is 0.00341. The SMILES string of the molecule is COc1cc(O[C@@H]2O[C@H](CO)[C@@H](O)[C@H](O)[C@H]2O)c2c(O)c3c(cc2c1)COC3=O. The number of esters is 1. The zero-order chi connectivity index (χ0) is 20.9. The Hall–Kier alpha value is -2.63. The number of methoxy groups -OCH3 is 1. The van der Waals surface area contributed by atoms with Crippen molar-refractivity contribution in [2.45, 2.75) is 37.3 Å². The van der Waals surface area contributed by atoms with E-state index in [1.54, 1.807) is 12.1 Å². The molecule has 0 radical (unpaired) electrons. The van der Waals surface area contributed by atoms with Gasteiger partial charge in [0.15, 0.2) is 0 Å². The molecular formula is C19H20O10. The lowest BCUT2D eigenvalue weighted by molar-refractivity contribution is -0.277. The highest BCUT2D eigenvalue weighted by atomic mass is 16.7. The van der Waals surface area contributed by atoms with Gasteiger partial charge in [-0.2, -0.15) is 0 Å². The van der Waals surface area contributed by atoms with Crippen LogP contribution in [0.25, 0.3) is 10.8 Å². The third kappa shape index (κ3) is 3.15. The molecule has 1 fully saturated rings. The molecule has 10 heteroatoms. The number of cyclic esters (lactones) is 1. The molecule has 5 atom stereocenters. The van der Waals surface area contributed by atoms with Crippen LogP contribution in [0.1, 0.15) is 15.9 Å². The summed E-state index contributed by atoms with van der Waals surface area (Å²) in [6.07, 6.45) is -7.45. The third-order valence-corrected chi connectivity index (χ3v) is 5.12. The maximum Gasteiger partial charge on any atom is 0.342 e. The molecule has 2 aliphatic rings. The number of carbonyl (C=O) groups excluding carboxylic acids is 1. The van der Waals surface area contributed by atoms with E-state index in [1.807, 2.05) is 0 Å². The summed E-state index contributed by atoms with van der Waals surface area (Å²) in [7, 11) is 1.43. The number of hydrogen-bond donors (Lipinski definition) is 5. The van der Waals surface area contributed by atoms with Gasteiger partial charge in [-0.1, -0.05) is 0 Å². The van der Waals surface area contributed by atoms with Crippen LogP contribution in [0, 0.1) is 0 Å². The van der Waals surface area contributed by atoms with Gasteiger partial charge in [-0.25, -0.2) is 4.79 Å². The molecule has 0 spiro atoms. The van der Waals surface area contributed by atoms with E-state index in [0.29, 0.717) is 16.7 Å². The quantitative estimate of drug-likeness (QED) is 0.414. The Morgan fingerprint density at radius 3 is 2.59 bits per heavy atom. The van der Waals surface area contributed by atoms with E-state index in [4.69, 9.17) is 18.9 Å². The highest BCUT2D eigenvalue weighted by Crippen LogP contribution is 2.43. The summed E-state index contributed by atoms with van der Waals surface area (Å²) in [6, 6.07) is 4.69. The number of benzene rings is 2. The van der Waals surface area contributed by atoms with Crippen LogP contribution in [0.15, 0.2) is 18.2 Å². The van der Waals surface area contributed by atoms with Crippen LogP contribution in [-0.4, -0.2) is 75.9 Å². The van der Waals surface area contributed by atoms with Crippen LogP contribution in [-0.2, 0) is 16.1 Å². The molecule has 10 nitrogen and oxygen atoms in total. The van der Waals surface area contributed by atoms with Gasteiger partial charge in [0, 0.05) is 11.6 Å². The van der Waals surface area contributed by atoms with E-state index in [2.05, 4.69) is 0 Å². The maximum absolute atomic E-state index is 12.0. The number of phenols is 1. The van der Waals surface area contributed by atoms with E-state index in [9.17, 15) is 30.3 Å². The van der Waals surface area contributed by atoms with Crippen LogP contribution in [0.4, 0.5) is 0 Å². The summed E-state index contributed by atoms with van der Waals surface area (Å²) in [5.74, 6) is -0.665. The summed E-state index contributed by atoms with van der Waals surface area (Å²) in [4.78, 5) is 12.0. The summed E-state index contributed by atoms with van der Waals surface area (Å²) in [5.41, 5.74) is 0.522. The van der Waals surface area contributed by atoms with Crippen molar-refractivity contribution in [1.82, 2.24) is 0 Å². The standard InChI is InChI=1S/C19H20O10/c1-26-9-3-7-2-8-6-27-18(25)13(8)15(22)12(7)10(4-9)28-19-17(24)16(23)14(21)11(5-20)29-19/h2-4,11,14,16-17,19-24H,5-6H2,1H3/t11-,14-,16+,17-,19-/m1/s1. The lowest BCUT2D eigenvalue weighted by Crippen LogP contribution is -2.60. The van der Waals surface area contributed by atoms with Crippen molar-refractivity contribution in [3.63, 3.8) is 0 Å². The molecule has 156 valence electrons. The average molecular weight is 408 g/mol. The molecule has 0 unspecified atom stereocenters. The van der Waals surface area contributed by atoms with Crippen molar-refractivity contribution in [1.29, 1.82) is 0 Å². The number of aliphatic hydroxyl groups is 4. The van der Waals surface area contributed by atoms with Crippen LogP contribution >= 0.6 is 0 Å². The molecule has 2 aliphatic heterocycles. The summed E-state index contributed by atoms with van der Waals surface area (Å²) >= 11 is 0. The highest BCUT2D eigenvalue weighted by Gasteiger charge is 2.45. The van der Waals surface area contributed by atoms with Crippen molar-refractivity contribution in [2.24, 2.45) is 0 Å². The molecule has 2 aromatic rings. The first kappa shape index (κ1) is 19.7. The molecule has 2 aromatic carbocycles. The zero-order valence-electron chi connectivity index (χ0n) is 15.3. The number of hydrogen-bond acceptors (Lipinski definition) is 10. The second kappa shape index (κ2) is 7.32. The Morgan fingerprint density at radius 2 is 1.90 bits per heavy atom. The van der Waals surface area contributed by atoms with Crippen molar-refractivity contribution in [2.75, 3.05) is 13.7 Å². The van der Waals surface area contributed by atoms with E-state index in [1.165, 1.54) is 13.2 Å². The van der Waals surface area contributed by atoms with Crippen molar-refractivity contribution < 1.29 is 49.3 Å². The van der Waals surface area contributed by atoms with Gasteiger partial charge in [0.25, 0.3) is 0 Å². The number of aliphatic hydroxyl groups excluding tert-OH is 4. The molecule has 0 amide bonds. The molecule has 29 heavy (non-hydrogen) atoms. The van der Waals surface area contributed by atoms with E-state index >= 15 is 0 Å². The van der Waals surface area contributed by atoms with Gasteiger partial charge in [0.1, 0.15) is 53.8 Å². The lowest BCUT2D eigenvalue weighted by Gasteiger charge is -2.39. The first-order valence-electron chi connectivity index (χ1n) is 8.86. The lowest BCUT2D eigenvalue weighted by atomic mass is 9.98. The number of rotatable bonds is 4. The molecule has 1 saturated heterocycles. The van der Waals surface area contributed by atoms with Gasteiger partial charge in [-0.05, 0) is 17.5 Å². The summed E-state index contributed by atoms with van der Waals surface area (Å²) in [5, 5.41) is 50.8. The van der Waals surface area contributed by atoms with Crippen molar-refractivity contribution in [3.05, 3.63) is 29.3 Å². The first-order chi connectivity index (χ1) is 13.8. The van der Waals surface area contributed by atoms with Gasteiger partial charge < -0.3 is 44.5 Å². The average Bonchev–Trinajstić information content (AvgIpc) is 3.08. The fraction of sp³-hybridized carbons (Fsp3) is 0.421. The molecule has 5 N–H and O–H groups in total. The highest BCUT2D eigenvalue weighted by molar-refractivity contribution is 6.06. The topological polar surface area (TPSA) is 155 Å². The predicted molar refractivity (Wildman–Crippen MR) is 95.7 cm³/mol. The Morgan fingerprint density at radius 1 is 1.14 bits per heavy atom. The second-order valence-electron chi connectivity index (χ2n) is 6.87. The smallest absolute Gasteiger partial charge is 0.342 e. The second-order valence-corrected chi connectivity index (χ2v) is 6.87. The van der Waals surface area contributed by atoms with Gasteiger partial charge in [0.2, 0.25) is 6.29 Å². The van der Waals surface area contributed by atoms with Crippen LogP contribution in [0.3, 0.4) is 0 Å². The van der Waals surface area contributed by atoms with Crippen LogP contribution in [0.2, 0.25) is 0 Å². The number of carbonyl (C=O) groups is 1. The van der Waals surface area contributed by atoms with E-state index in [0.717, 1.165) is 0 Å². The fourth-order valence-electron chi connectivity index (χ4n) is 3.57. The molecule has 0 aromatic heterocycles. The van der Waals surface area contributed by atoms with Crippen molar-refractivity contribution in [3.8, 4) is 17.2 Å². The minimum Gasteiger partial charge on any atom is -0.506 e. The number of fused-ring (bicyclic) bond motifs is 2. The Kier molecular flexibility index (Phi) is 4.97. The molecular weight excluding hydrogens is 388 g/mol. The van der Waals surface area contributed by atoms with Gasteiger partial charge in [-0.3, -0.25) is 0 Å². The Labute approximate surface area is 164 Å². The summed E-state index contributed by atoms with van der Waals surface area (Å²) in [6.45, 7) is -0.591. The number of phenolic OH excluding ortho intramolecular Hbond substituents is 1. The van der Waals surface area contributed by atoms with Crippen LogP contribution < -0.4 is 9.47 Å².